The van der Waals surface area contributed by atoms with Crippen LogP contribution in [0.5, 0.6) is 0 Å². The lowest BCUT2D eigenvalue weighted by Gasteiger charge is -2.43. The van der Waals surface area contributed by atoms with E-state index in [4.69, 9.17) is 26.3 Å². The minimum Gasteiger partial charge on any atom is -0.444 e. The first kappa shape index (κ1) is 29.3. The van der Waals surface area contributed by atoms with E-state index in [1.807, 2.05) is 44.7 Å². The Labute approximate surface area is 254 Å². The molecule has 0 radical (unpaired) electrons. The number of halogens is 3. The van der Waals surface area contributed by atoms with Gasteiger partial charge >= 0.3 is 6.09 Å². The summed E-state index contributed by atoms with van der Waals surface area (Å²) < 4.78 is 36.6. The fourth-order valence-corrected chi connectivity index (χ4v) is 5.75. The van der Waals surface area contributed by atoms with Crippen LogP contribution in [0.15, 0.2) is 36.5 Å². The number of nitrogens with zero attached hydrogens (tertiary/aromatic N) is 7. The zero-order chi connectivity index (χ0) is 30.6. The van der Waals surface area contributed by atoms with Gasteiger partial charge in [0.05, 0.1) is 10.4 Å². The van der Waals surface area contributed by atoms with E-state index in [1.54, 1.807) is 35.4 Å². The van der Waals surface area contributed by atoms with Crippen molar-refractivity contribution in [3.05, 3.63) is 53.2 Å². The van der Waals surface area contributed by atoms with Gasteiger partial charge in [0.25, 0.3) is 0 Å². The molecule has 2 saturated heterocycles. The Morgan fingerprint density at radius 3 is 2.42 bits per heavy atom. The summed E-state index contributed by atoms with van der Waals surface area (Å²) in [5.74, 6) is -0.244. The van der Waals surface area contributed by atoms with E-state index in [-0.39, 0.29) is 22.3 Å². The standard InChI is InChI=1S/C31H34ClF2N7O2/c1-31(2,3)43-30(42)40-13-11-39(12-14-40)28-21-15-35-26(20-8-6-7-18-9-10-22(33)24(32)23(18)20)25(34)27(21)36-29(37-28)41-16-19(17-41)38(4)5/h6-10,15,19H,11-14,16-17H2,1-5H3. The first-order chi connectivity index (χ1) is 20.4. The summed E-state index contributed by atoms with van der Waals surface area (Å²) in [4.78, 5) is 34.6. The highest BCUT2D eigenvalue weighted by atomic mass is 35.5. The number of likely N-dealkylation sites (N-methyl/N-ethyl adjacent to an activating group) is 1. The Balaban J connectivity index is 1.42. The van der Waals surface area contributed by atoms with Crippen LogP contribution in [0, 0.1) is 11.6 Å². The first-order valence-corrected chi connectivity index (χ1v) is 14.7. The van der Waals surface area contributed by atoms with Crippen molar-refractivity contribution in [1.29, 1.82) is 0 Å². The molecule has 2 aromatic carbocycles. The third-order valence-electron chi connectivity index (χ3n) is 7.95. The van der Waals surface area contributed by atoms with Crippen LogP contribution < -0.4 is 9.80 Å². The van der Waals surface area contributed by atoms with Crippen LogP contribution in [0.1, 0.15) is 20.8 Å². The number of carbonyl (C=O) groups is 1. The normalized spacial score (nSPS) is 16.3. The predicted molar refractivity (Wildman–Crippen MR) is 165 cm³/mol. The van der Waals surface area contributed by atoms with Gasteiger partial charge in [0.15, 0.2) is 5.82 Å². The van der Waals surface area contributed by atoms with Crippen molar-refractivity contribution in [3.8, 4) is 11.3 Å². The van der Waals surface area contributed by atoms with E-state index in [0.717, 1.165) is 0 Å². The molecule has 0 saturated carbocycles. The fourth-order valence-electron chi connectivity index (χ4n) is 5.48. The second-order valence-corrected chi connectivity index (χ2v) is 12.7. The molecule has 0 atom stereocenters. The highest BCUT2D eigenvalue weighted by molar-refractivity contribution is 6.36. The van der Waals surface area contributed by atoms with Crippen LogP contribution in [0.2, 0.25) is 5.02 Å². The lowest BCUT2D eigenvalue weighted by atomic mass is 10.0. The van der Waals surface area contributed by atoms with Crippen LogP contribution >= 0.6 is 11.6 Å². The molecule has 2 aliphatic rings. The molecule has 226 valence electrons. The number of benzene rings is 2. The second-order valence-electron chi connectivity index (χ2n) is 12.3. The van der Waals surface area contributed by atoms with Crippen LogP contribution in [0.3, 0.4) is 0 Å². The number of ether oxygens (including phenoxy) is 1. The first-order valence-electron chi connectivity index (χ1n) is 14.3. The maximum absolute atomic E-state index is 16.6. The van der Waals surface area contributed by atoms with Gasteiger partial charge in [-0.05, 0) is 46.3 Å². The lowest BCUT2D eigenvalue weighted by molar-refractivity contribution is 0.0240. The Bertz CT molecular complexity index is 1710. The molecular weight excluding hydrogens is 576 g/mol. The highest BCUT2D eigenvalue weighted by Crippen LogP contribution is 2.38. The van der Waals surface area contributed by atoms with Crippen molar-refractivity contribution in [3.63, 3.8) is 0 Å². The Kier molecular flexibility index (Phi) is 7.50. The summed E-state index contributed by atoms with van der Waals surface area (Å²) in [5.41, 5.74) is -0.0527. The Morgan fingerprint density at radius 1 is 1.02 bits per heavy atom. The van der Waals surface area contributed by atoms with Crippen molar-refractivity contribution in [2.75, 3.05) is 63.2 Å². The zero-order valence-corrected chi connectivity index (χ0v) is 25.6. The molecule has 0 bridgehead atoms. The van der Waals surface area contributed by atoms with Crippen molar-refractivity contribution in [2.24, 2.45) is 0 Å². The van der Waals surface area contributed by atoms with E-state index in [2.05, 4.69) is 9.88 Å². The molecule has 0 N–H and O–H groups in total. The molecule has 0 aliphatic carbocycles. The van der Waals surface area contributed by atoms with Gasteiger partial charge in [0.2, 0.25) is 5.95 Å². The van der Waals surface area contributed by atoms with Gasteiger partial charge in [0.1, 0.15) is 28.4 Å². The van der Waals surface area contributed by atoms with E-state index in [0.29, 0.717) is 78.8 Å². The van der Waals surface area contributed by atoms with E-state index in [1.165, 1.54) is 6.07 Å². The number of hydrogen-bond acceptors (Lipinski definition) is 8. The zero-order valence-electron chi connectivity index (χ0n) is 24.9. The summed E-state index contributed by atoms with van der Waals surface area (Å²) >= 11 is 6.38. The van der Waals surface area contributed by atoms with Gasteiger partial charge in [-0.15, -0.1) is 0 Å². The summed E-state index contributed by atoms with van der Waals surface area (Å²) in [6, 6.07) is 8.48. The van der Waals surface area contributed by atoms with Crippen molar-refractivity contribution in [2.45, 2.75) is 32.4 Å². The van der Waals surface area contributed by atoms with E-state index < -0.39 is 17.2 Å². The summed E-state index contributed by atoms with van der Waals surface area (Å²) in [6.45, 7) is 8.75. The molecule has 43 heavy (non-hydrogen) atoms. The van der Waals surface area contributed by atoms with E-state index >= 15 is 4.39 Å². The van der Waals surface area contributed by atoms with Crippen molar-refractivity contribution < 1.29 is 18.3 Å². The molecule has 2 aromatic heterocycles. The molecule has 2 aliphatic heterocycles. The third-order valence-corrected chi connectivity index (χ3v) is 8.32. The molecule has 9 nitrogen and oxygen atoms in total. The number of pyridine rings is 1. The Hall–Kier alpha value is -3.83. The Morgan fingerprint density at radius 2 is 1.74 bits per heavy atom. The SMILES string of the molecule is CN(C)C1CN(c2nc(N3CCN(C(=O)OC(C)(C)C)CC3)c3cnc(-c4cccc5ccc(F)c(Cl)c45)c(F)c3n2)C1. The van der Waals surface area contributed by atoms with Crippen LogP contribution in [0.4, 0.5) is 25.3 Å². The number of rotatable bonds is 4. The number of aromatic nitrogens is 3. The topological polar surface area (TPSA) is 77.9 Å². The van der Waals surface area contributed by atoms with Gasteiger partial charge in [-0.25, -0.2) is 18.6 Å². The quantitative estimate of drug-likeness (QED) is 0.297. The highest BCUT2D eigenvalue weighted by Gasteiger charge is 2.33. The van der Waals surface area contributed by atoms with Crippen molar-refractivity contribution >= 4 is 51.1 Å². The monoisotopic (exact) mass is 609 g/mol. The number of carbonyl (C=O) groups excluding carboxylic acids is 1. The summed E-state index contributed by atoms with van der Waals surface area (Å²) in [5, 5.41) is 1.43. The van der Waals surface area contributed by atoms with Gasteiger partial charge in [-0.3, -0.25) is 4.98 Å². The fraction of sp³-hybridized carbons (Fsp3) is 0.419. The average Bonchev–Trinajstić information content (AvgIpc) is 2.93. The third kappa shape index (κ3) is 5.51. The number of fused-ring (bicyclic) bond motifs is 2. The van der Waals surface area contributed by atoms with Gasteiger partial charge in [-0.1, -0.05) is 35.9 Å². The molecular formula is C31H34ClF2N7O2. The number of amides is 1. The number of anilines is 2. The summed E-state index contributed by atoms with van der Waals surface area (Å²) in [7, 11) is 4.04. The van der Waals surface area contributed by atoms with E-state index in [9.17, 15) is 9.18 Å². The number of hydrogen-bond donors (Lipinski definition) is 0. The maximum atomic E-state index is 16.6. The molecule has 4 heterocycles. The van der Waals surface area contributed by atoms with Crippen LogP contribution in [-0.2, 0) is 4.74 Å². The minimum absolute atomic E-state index is 0.0331. The maximum Gasteiger partial charge on any atom is 0.410 e. The van der Waals surface area contributed by atoms with Gasteiger partial charge < -0.3 is 24.3 Å². The molecule has 0 unspecified atom stereocenters. The van der Waals surface area contributed by atoms with Crippen LogP contribution in [0.25, 0.3) is 32.9 Å². The van der Waals surface area contributed by atoms with Crippen LogP contribution in [-0.4, -0.2) is 95.9 Å². The average molecular weight is 610 g/mol. The molecule has 0 spiro atoms. The van der Waals surface area contributed by atoms with Gasteiger partial charge in [0, 0.05) is 62.5 Å². The molecule has 1 amide bonds. The molecule has 2 fully saturated rings. The molecule has 4 aromatic rings. The predicted octanol–water partition coefficient (Wildman–Crippen LogP) is 5.58. The largest absolute Gasteiger partial charge is 0.444 e. The minimum atomic E-state index is -0.632. The smallest absolute Gasteiger partial charge is 0.410 e. The summed E-state index contributed by atoms with van der Waals surface area (Å²) in [6.07, 6.45) is 1.20. The molecule has 6 rings (SSSR count). The van der Waals surface area contributed by atoms with Gasteiger partial charge in [-0.2, -0.15) is 4.98 Å². The molecule has 12 heteroatoms. The van der Waals surface area contributed by atoms with Crippen molar-refractivity contribution in [1.82, 2.24) is 24.8 Å². The lowest BCUT2D eigenvalue weighted by Crippen LogP contribution is -2.58. The second kappa shape index (κ2) is 11.0. The number of piperazine rings is 1.